The summed E-state index contributed by atoms with van der Waals surface area (Å²) >= 11 is 0. The van der Waals surface area contributed by atoms with Crippen molar-refractivity contribution in [2.75, 3.05) is 13.2 Å². The molecule has 0 fully saturated rings. The Hall–Kier alpha value is 0.130. The van der Waals surface area contributed by atoms with Crippen LogP contribution >= 0.6 is 0 Å². The number of aliphatic hydroxyl groups is 2. The molecule has 54 valence electrons. The van der Waals surface area contributed by atoms with Crippen LogP contribution in [-0.2, 0) is 4.79 Å². The van der Waals surface area contributed by atoms with Crippen LogP contribution < -0.4 is 34.7 Å². The van der Waals surface area contributed by atoms with Crippen LogP contribution in [0.25, 0.3) is 0 Å². The molecule has 0 heterocycles. The van der Waals surface area contributed by atoms with Crippen LogP contribution in [0.2, 0.25) is 0 Å². The molecular weight excluding hydrogens is 147 g/mol. The molecule has 0 aliphatic heterocycles. The number of carbonyl (C=O) groups is 1. The van der Waals surface area contributed by atoms with E-state index < -0.39 is 5.97 Å². The summed E-state index contributed by atoms with van der Waals surface area (Å²) in [4.78, 5) is 9.14. The van der Waals surface area contributed by atoms with E-state index in [1.807, 2.05) is 0 Å². The van der Waals surface area contributed by atoms with Gasteiger partial charge in [-0.05, 0) is 6.08 Å². The number of aliphatic carboxylic acids is 1. The van der Waals surface area contributed by atoms with Gasteiger partial charge in [-0.2, -0.15) is 0 Å². The van der Waals surface area contributed by atoms with E-state index in [1.54, 1.807) is 0 Å². The Morgan fingerprint density at radius 1 is 1.50 bits per heavy atom. The van der Waals surface area contributed by atoms with Crippen molar-refractivity contribution in [3.8, 4) is 0 Å². The van der Waals surface area contributed by atoms with Crippen LogP contribution in [0.3, 0.4) is 0 Å². The Kier molecular flexibility index (Phi) is 26.7. The van der Waals surface area contributed by atoms with Gasteiger partial charge in [-0.1, -0.05) is 6.58 Å². The van der Waals surface area contributed by atoms with Gasteiger partial charge >= 0.3 is 29.6 Å². The molecule has 2 N–H and O–H groups in total. The fourth-order valence-electron chi connectivity index (χ4n) is 0. The summed E-state index contributed by atoms with van der Waals surface area (Å²) in [5.74, 6) is -1.23. The minimum absolute atomic E-state index is 0. The summed E-state index contributed by atoms with van der Waals surface area (Å²) in [6.45, 7) is 2.65. The van der Waals surface area contributed by atoms with Crippen LogP contribution in [0.15, 0.2) is 12.7 Å². The topological polar surface area (TPSA) is 80.6 Å². The summed E-state index contributed by atoms with van der Waals surface area (Å²) < 4.78 is 0. The molecule has 0 amide bonds. The molecule has 0 bridgehead atoms. The monoisotopic (exact) mass is 156 g/mol. The maximum Gasteiger partial charge on any atom is 1.00 e. The number of aliphatic hydroxyl groups excluding tert-OH is 2. The molecule has 0 aliphatic carbocycles. The van der Waals surface area contributed by atoms with Crippen LogP contribution in [0.4, 0.5) is 0 Å². The largest absolute Gasteiger partial charge is 1.00 e. The molecule has 0 saturated carbocycles. The SMILES string of the molecule is C=CC(=O)[O-].OCCO.[Na+]. The summed E-state index contributed by atoms with van der Waals surface area (Å²) in [5, 5.41) is 24.4. The van der Waals surface area contributed by atoms with E-state index in [0.29, 0.717) is 0 Å². The maximum absolute atomic E-state index is 9.14. The summed E-state index contributed by atoms with van der Waals surface area (Å²) in [5.41, 5.74) is 0. The van der Waals surface area contributed by atoms with Crippen molar-refractivity contribution in [3.05, 3.63) is 12.7 Å². The van der Waals surface area contributed by atoms with Gasteiger partial charge in [-0.3, -0.25) is 0 Å². The van der Waals surface area contributed by atoms with Crippen LogP contribution in [0, 0.1) is 0 Å². The number of carboxylic acid groups (broad SMARTS) is 1. The van der Waals surface area contributed by atoms with E-state index in [9.17, 15) is 0 Å². The third-order valence-electron chi connectivity index (χ3n) is 0.267. The van der Waals surface area contributed by atoms with E-state index in [4.69, 9.17) is 20.1 Å². The third kappa shape index (κ3) is 42.2. The second-order valence-corrected chi connectivity index (χ2v) is 0.970. The molecule has 0 atom stereocenters. The third-order valence-corrected chi connectivity index (χ3v) is 0.267. The smallest absolute Gasteiger partial charge is 0.545 e. The quantitative estimate of drug-likeness (QED) is 0.309. The van der Waals surface area contributed by atoms with Gasteiger partial charge in [0.15, 0.2) is 0 Å². The van der Waals surface area contributed by atoms with E-state index in [-0.39, 0.29) is 42.8 Å². The van der Waals surface area contributed by atoms with Gasteiger partial charge in [0.1, 0.15) is 0 Å². The molecular formula is C5H9NaO4. The molecule has 0 aromatic heterocycles. The molecule has 0 saturated heterocycles. The van der Waals surface area contributed by atoms with E-state index in [0.717, 1.165) is 6.08 Å². The van der Waals surface area contributed by atoms with Crippen molar-refractivity contribution in [2.45, 2.75) is 0 Å². The zero-order chi connectivity index (χ0) is 7.70. The van der Waals surface area contributed by atoms with Gasteiger partial charge in [0.2, 0.25) is 0 Å². The number of hydrogen-bond acceptors (Lipinski definition) is 4. The molecule has 4 nitrogen and oxygen atoms in total. The van der Waals surface area contributed by atoms with E-state index >= 15 is 0 Å². The minimum Gasteiger partial charge on any atom is -0.545 e. The number of carbonyl (C=O) groups excluding carboxylic acids is 1. The second kappa shape index (κ2) is 16.1. The van der Waals surface area contributed by atoms with Crippen molar-refractivity contribution < 1.29 is 49.7 Å². The summed E-state index contributed by atoms with van der Waals surface area (Å²) in [7, 11) is 0. The van der Waals surface area contributed by atoms with Gasteiger partial charge in [0.25, 0.3) is 0 Å². The van der Waals surface area contributed by atoms with Crippen molar-refractivity contribution in [1.82, 2.24) is 0 Å². The van der Waals surface area contributed by atoms with Crippen molar-refractivity contribution in [3.63, 3.8) is 0 Å². The van der Waals surface area contributed by atoms with Gasteiger partial charge < -0.3 is 20.1 Å². The fourth-order valence-corrected chi connectivity index (χ4v) is 0. The predicted molar refractivity (Wildman–Crippen MR) is 29.4 cm³/mol. The zero-order valence-corrected chi connectivity index (χ0v) is 7.91. The van der Waals surface area contributed by atoms with Gasteiger partial charge in [-0.25, -0.2) is 0 Å². The Bertz CT molecular complexity index is 81.7. The number of carboxylic acids is 1. The van der Waals surface area contributed by atoms with E-state index in [2.05, 4.69) is 6.58 Å². The maximum atomic E-state index is 9.14. The van der Waals surface area contributed by atoms with Gasteiger partial charge in [0.05, 0.1) is 19.2 Å². The normalized spacial score (nSPS) is 6.20. The van der Waals surface area contributed by atoms with Crippen molar-refractivity contribution >= 4 is 5.97 Å². The molecule has 0 aliphatic rings. The average Bonchev–Trinajstić information content (AvgIpc) is 1.89. The van der Waals surface area contributed by atoms with Crippen LogP contribution in [0.1, 0.15) is 0 Å². The van der Waals surface area contributed by atoms with Crippen molar-refractivity contribution in [2.24, 2.45) is 0 Å². The Balaban J connectivity index is -0.0000000910. The first-order valence-corrected chi connectivity index (χ1v) is 2.24. The Labute approximate surface area is 81.5 Å². The average molecular weight is 156 g/mol. The van der Waals surface area contributed by atoms with Crippen molar-refractivity contribution in [1.29, 1.82) is 0 Å². The number of hydrogen-bond donors (Lipinski definition) is 2. The van der Waals surface area contributed by atoms with Gasteiger partial charge in [-0.15, -0.1) is 0 Å². The first-order chi connectivity index (χ1) is 4.18. The molecule has 0 rings (SSSR count). The fraction of sp³-hybridized carbons (Fsp3) is 0.400. The minimum atomic E-state index is -1.23. The van der Waals surface area contributed by atoms with Gasteiger partial charge in [0, 0.05) is 0 Å². The first-order valence-electron chi connectivity index (χ1n) is 2.24. The standard InChI is InChI=1S/C3H4O2.C2H6O2.Na/c1-2-3(4)5;3-1-2-4;/h2H,1H2,(H,4,5);3-4H,1-2H2;/q;;+1/p-1. The predicted octanol–water partition coefficient (Wildman–Crippen LogP) is -5.10. The molecule has 0 spiro atoms. The molecule has 10 heavy (non-hydrogen) atoms. The van der Waals surface area contributed by atoms with Crippen LogP contribution in [-0.4, -0.2) is 29.4 Å². The van der Waals surface area contributed by atoms with E-state index in [1.165, 1.54) is 0 Å². The molecule has 0 radical (unpaired) electrons. The zero-order valence-electron chi connectivity index (χ0n) is 5.91. The summed E-state index contributed by atoms with van der Waals surface area (Å²) in [6, 6.07) is 0. The molecule has 0 aromatic rings. The Morgan fingerprint density at radius 3 is 1.70 bits per heavy atom. The number of rotatable bonds is 2. The second-order valence-electron chi connectivity index (χ2n) is 0.970. The molecule has 0 aromatic carbocycles. The Morgan fingerprint density at radius 2 is 1.70 bits per heavy atom. The first kappa shape index (κ1) is 16.6. The van der Waals surface area contributed by atoms with Crippen LogP contribution in [0.5, 0.6) is 0 Å². The molecule has 0 unspecified atom stereocenters. The summed E-state index contributed by atoms with van der Waals surface area (Å²) in [6.07, 6.45) is 0.722. The molecule has 5 heteroatoms.